The van der Waals surface area contributed by atoms with Gasteiger partial charge in [-0.05, 0) is 74.6 Å². The van der Waals surface area contributed by atoms with Crippen molar-refractivity contribution in [3.63, 3.8) is 0 Å². The molecule has 4 N–H and O–H groups in total. The van der Waals surface area contributed by atoms with Crippen LogP contribution in [0.2, 0.25) is 0 Å². The molecule has 1 aliphatic heterocycles. The molecular weight excluding hydrogens is 464 g/mol. The minimum Gasteiger partial charge on any atom is -0.396 e. The van der Waals surface area contributed by atoms with Gasteiger partial charge in [-0.15, -0.1) is 0 Å². The van der Waals surface area contributed by atoms with Crippen molar-refractivity contribution in [2.24, 2.45) is 21.8 Å². The second kappa shape index (κ2) is 16.2. The number of aliphatic hydroxyl groups excluding tert-OH is 2. The van der Waals surface area contributed by atoms with E-state index in [2.05, 4.69) is 76.5 Å². The molecule has 0 spiro atoms. The van der Waals surface area contributed by atoms with Crippen LogP contribution in [0.4, 0.5) is 11.4 Å². The average molecular weight is 513 g/mol. The van der Waals surface area contributed by atoms with Crippen LogP contribution in [-0.2, 0) is 0 Å². The zero-order valence-corrected chi connectivity index (χ0v) is 23.1. The van der Waals surface area contributed by atoms with Crippen LogP contribution in [0.3, 0.4) is 0 Å². The fraction of sp³-hybridized carbons (Fsp3) is 0.586. The van der Waals surface area contributed by atoms with Crippen LogP contribution >= 0.6 is 0 Å². The van der Waals surface area contributed by atoms with E-state index in [1.165, 1.54) is 11.3 Å². The summed E-state index contributed by atoms with van der Waals surface area (Å²) < 4.78 is 0. The van der Waals surface area contributed by atoms with Crippen molar-refractivity contribution < 1.29 is 10.2 Å². The van der Waals surface area contributed by atoms with Crippen molar-refractivity contribution in [3.8, 4) is 0 Å². The van der Waals surface area contributed by atoms with Crippen LogP contribution in [0.25, 0.3) is 0 Å². The molecular formula is C29H48N6O2. The Morgan fingerprint density at radius 1 is 1.08 bits per heavy atom. The number of nitrogens with zero attached hydrogens (tertiary/aromatic N) is 4. The third-order valence-corrected chi connectivity index (χ3v) is 7.03. The molecule has 0 radical (unpaired) electrons. The van der Waals surface area contributed by atoms with Crippen molar-refractivity contribution in [1.29, 1.82) is 0 Å². The molecule has 3 atom stereocenters. The van der Waals surface area contributed by atoms with Gasteiger partial charge in [0.1, 0.15) is 12.5 Å². The molecule has 0 amide bonds. The van der Waals surface area contributed by atoms with Gasteiger partial charge in [-0.1, -0.05) is 25.7 Å². The summed E-state index contributed by atoms with van der Waals surface area (Å²) in [6, 6.07) is 8.77. The van der Waals surface area contributed by atoms with Crippen LogP contribution < -0.4 is 15.5 Å². The number of anilines is 2. The maximum atomic E-state index is 9.53. The Hall–Kier alpha value is -2.68. The van der Waals surface area contributed by atoms with Crippen molar-refractivity contribution in [3.05, 3.63) is 48.6 Å². The fourth-order valence-electron chi connectivity index (χ4n) is 5.17. The third-order valence-electron chi connectivity index (χ3n) is 7.03. The Balaban J connectivity index is 0.00000153. The smallest absolute Gasteiger partial charge is 0.125 e. The first-order chi connectivity index (χ1) is 17.8. The first kappa shape index (κ1) is 30.5. The highest BCUT2D eigenvalue weighted by Crippen LogP contribution is 2.34. The summed E-state index contributed by atoms with van der Waals surface area (Å²) in [5.41, 5.74) is 4.45. The van der Waals surface area contributed by atoms with Gasteiger partial charge in [0, 0.05) is 63.8 Å². The Kier molecular flexibility index (Phi) is 13.4. The van der Waals surface area contributed by atoms with E-state index in [-0.39, 0.29) is 19.3 Å². The van der Waals surface area contributed by atoms with Crippen LogP contribution in [0.5, 0.6) is 0 Å². The number of allylic oxidation sites excluding steroid dienone is 1. The van der Waals surface area contributed by atoms with Crippen LogP contribution in [0.1, 0.15) is 33.1 Å². The van der Waals surface area contributed by atoms with Gasteiger partial charge in [-0.25, -0.2) is 4.99 Å². The van der Waals surface area contributed by atoms with Gasteiger partial charge in [0.2, 0.25) is 0 Å². The van der Waals surface area contributed by atoms with Gasteiger partial charge in [0.15, 0.2) is 0 Å². The SMILES string of the molecule is C=C1CC(C)[C@H](N/C(=N/CNc2ccc(N3CCN(CCO)CC3)cc2)C(=C)C)C(CCO)C1.C=NC. The lowest BCUT2D eigenvalue weighted by Crippen LogP contribution is -2.47. The number of amidine groups is 1. The molecule has 2 fully saturated rings. The van der Waals surface area contributed by atoms with Crippen molar-refractivity contribution in [2.45, 2.75) is 39.2 Å². The summed E-state index contributed by atoms with van der Waals surface area (Å²) in [6.07, 6.45) is 2.73. The highest BCUT2D eigenvalue weighted by atomic mass is 16.3. The van der Waals surface area contributed by atoms with E-state index < -0.39 is 0 Å². The lowest BCUT2D eigenvalue weighted by atomic mass is 9.74. The molecule has 2 unspecified atom stereocenters. The molecule has 37 heavy (non-hydrogen) atoms. The number of benzene rings is 1. The first-order valence-electron chi connectivity index (χ1n) is 13.3. The van der Waals surface area contributed by atoms with Crippen LogP contribution in [0.15, 0.2) is 58.6 Å². The molecule has 3 rings (SSSR count). The van der Waals surface area contributed by atoms with Gasteiger partial charge in [-0.2, -0.15) is 0 Å². The maximum Gasteiger partial charge on any atom is 0.125 e. The fourth-order valence-corrected chi connectivity index (χ4v) is 5.17. The predicted octanol–water partition coefficient (Wildman–Crippen LogP) is 3.40. The highest BCUT2D eigenvalue weighted by molar-refractivity contribution is 5.97. The normalized spacial score (nSPS) is 22.6. The molecule has 1 saturated carbocycles. The second-order valence-electron chi connectivity index (χ2n) is 10.1. The summed E-state index contributed by atoms with van der Waals surface area (Å²) in [4.78, 5) is 12.7. The third kappa shape index (κ3) is 9.95. The van der Waals surface area contributed by atoms with E-state index in [0.717, 1.165) is 69.1 Å². The Morgan fingerprint density at radius 2 is 1.73 bits per heavy atom. The number of β-amino-alcohol motifs (C(OH)–C–C–N with tert-alkyl or cyclic N) is 1. The number of aliphatic imine (C=N–C) groups is 2. The second-order valence-corrected chi connectivity index (χ2v) is 10.1. The molecule has 1 aliphatic carbocycles. The quantitative estimate of drug-likeness (QED) is 0.218. The number of hydrogen-bond donors (Lipinski definition) is 4. The lowest BCUT2D eigenvalue weighted by molar-refractivity contribution is 0.189. The summed E-state index contributed by atoms with van der Waals surface area (Å²) in [6.45, 7) is 21.2. The lowest BCUT2D eigenvalue weighted by Gasteiger charge is -2.39. The Bertz CT molecular complexity index is 877. The van der Waals surface area contributed by atoms with Crippen molar-refractivity contribution >= 4 is 23.9 Å². The molecule has 206 valence electrons. The van der Waals surface area contributed by atoms with Gasteiger partial charge in [-0.3, -0.25) is 4.90 Å². The van der Waals surface area contributed by atoms with Crippen molar-refractivity contribution in [1.82, 2.24) is 10.2 Å². The van der Waals surface area contributed by atoms with Crippen LogP contribution in [0, 0.1) is 11.8 Å². The van der Waals surface area contributed by atoms with Gasteiger partial charge < -0.3 is 30.7 Å². The number of nitrogens with one attached hydrogen (secondary N) is 2. The van der Waals surface area contributed by atoms with E-state index in [9.17, 15) is 5.11 Å². The summed E-state index contributed by atoms with van der Waals surface area (Å²) in [5, 5.41) is 25.7. The predicted molar refractivity (Wildman–Crippen MR) is 158 cm³/mol. The molecule has 8 heteroatoms. The largest absolute Gasteiger partial charge is 0.396 e. The minimum absolute atomic E-state index is 0.193. The molecule has 1 heterocycles. The highest BCUT2D eigenvalue weighted by Gasteiger charge is 2.32. The number of aliphatic hydroxyl groups is 2. The topological polar surface area (TPSA) is 95.7 Å². The molecule has 0 aromatic heterocycles. The van der Waals surface area contributed by atoms with Crippen molar-refractivity contribution in [2.75, 3.05) is 69.9 Å². The zero-order valence-electron chi connectivity index (χ0n) is 23.1. The minimum atomic E-state index is 0.193. The van der Waals surface area contributed by atoms with E-state index in [1.807, 2.05) is 6.92 Å². The average Bonchev–Trinajstić information content (AvgIpc) is 2.86. The van der Waals surface area contributed by atoms with Gasteiger partial charge >= 0.3 is 0 Å². The van der Waals surface area contributed by atoms with E-state index in [0.29, 0.717) is 18.5 Å². The molecule has 1 saturated heterocycles. The van der Waals surface area contributed by atoms with Crippen LogP contribution in [-0.4, -0.2) is 93.4 Å². The van der Waals surface area contributed by atoms with E-state index in [4.69, 9.17) is 10.1 Å². The molecule has 1 aromatic carbocycles. The summed E-state index contributed by atoms with van der Waals surface area (Å²) >= 11 is 0. The van der Waals surface area contributed by atoms with E-state index >= 15 is 0 Å². The van der Waals surface area contributed by atoms with Gasteiger partial charge in [0.25, 0.3) is 0 Å². The maximum absolute atomic E-state index is 9.53. The summed E-state index contributed by atoms with van der Waals surface area (Å²) in [5.74, 6) is 1.63. The number of piperazine rings is 1. The Morgan fingerprint density at radius 3 is 2.30 bits per heavy atom. The summed E-state index contributed by atoms with van der Waals surface area (Å²) in [7, 11) is 1.64. The first-order valence-corrected chi connectivity index (χ1v) is 13.3. The number of rotatable bonds is 10. The van der Waals surface area contributed by atoms with Gasteiger partial charge in [0.05, 0.1) is 6.61 Å². The van der Waals surface area contributed by atoms with E-state index in [1.54, 1.807) is 7.05 Å². The molecule has 0 bridgehead atoms. The Labute approximate surface area is 223 Å². The standard InChI is InChI=1S/C27H43N5O2.C2H5N/c1-20(2)27(30-26-22(4)17-21(3)18-23(26)9-15-33)29-19-28-24-5-7-25(8-6-24)32-12-10-31(11-13-32)14-16-34;1-3-2/h5-8,22-23,26,28,33-34H,1,3,9-19H2,2,4H3,(H,29,30);1H2,2H3/t22?,23?,26-;/m0./s1. The molecule has 8 nitrogen and oxygen atoms in total. The molecule has 1 aromatic rings. The molecule has 2 aliphatic rings. The monoisotopic (exact) mass is 512 g/mol. The zero-order chi connectivity index (χ0) is 27.2. The number of hydrogen-bond acceptors (Lipinski definition) is 7.